The number of nitrogens with zero attached hydrogens (tertiary/aromatic N) is 4. The Labute approximate surface area is 235 Å². The number of aromatic nitrogens is 2. The van der Waals surface area contributed by atoms with E-state index in [0.29, 0.717) is 35.2 Å². The maximum absolute atomic E-state index is 12.7. The summed E-state index contributed by atoms with van der Waals surface area (Å²) >= 11 is 0. The number of hydrogen-bond donors (Lipinski definition) is 0. The van der Waals surface area contributed by atoms with Crippen LogP contribution >= 0.6 is 0 Å². The van der Waals surface area contributed by atoms with E-state index in [1.54, 1.807) is 12.4 Å². The van der Waals surface area contributed by atoms with Crippen molar-refractivity contribution in [3.63, 3.8) is 0 Å². The highest BCUT2D eigenvalue weighted by Crippen LogP contribution is 2.76. The van der Waals surface area contributed by atoms with Crippen LogP contribution in [0, 0.1) is 62.6 Å². The van der Waals surface area contributed by atoms with Crippen molar-refractivity contribution in [3.05, 3.63) is 30.1 Å². The fourth-order valence-electron chi connectivity index (χ4n) is 12.0. The Hall–Kier alpha value is -2.22. The Balaban J connectivity index is 1.34. The van der Waals surface area contributed by atoms with Gasteiger partial charge in [-0.1, -0.05) is 32.9 Å². The van der Waals surface area contributed by atoms with Gasteiger partial charge < -0.3 is 9.69 Å². The standard InChI is InChI=1S/C34H48N4O/c1-22(2)24-10-13-34(21-39)15-14-32(6)25(28(24)34)8-9-27-31(5)16-17-38(29-36-19-23(18-35)20-37-29)30(3,4)26(31)11-12-33(27,32)7/h19-21,24-28H,1,8-17H2,2-7H3/t24-,25+,26-,27+,28+,31-,32+,33+,34+/m0/s1. The van der Waals surface area contributed by atoms with Crippen LogP contribution in [-0.2, 0) is 4.79 Å². The van der Waals surface area contributed by atoms with E-state index >= 15 is 0 Å². The molecular weight excluding hydrogens is 480 g/mol. The normalized spacial score (nSPS) is 46.2. The first-order valence-electron chi connectivity index (χ1n) is 15.5. The number of carbonyl (C=O) groups is 1. The van der Waals surface area contributed by atoms with Crippen LogP contribution in [0.25, 0.3) is 0 Å². The van der Waals surface area contributed by atoms with Gasteiger partial charge in [-0.25, -0.2) is 9.97 Å². The van der Waals surface area contributed by atoms with Crippen LogP contribution in [0.1, 0.15) is 105 Å². The van der Waals surface area contributed by atoms with E-state index in [1.807, 2.05) is 0 Å². The molecule has 39 heavy (non-hydrogen) atoms. The van der Waals surface area contributed by atoms with Crippen molar-refractivity contribution >= 4 is 12.2 Å². The third kappa shape index (κ3) is 3.39. The molecule has 1 aromatic rings. The molecule has 0 unspecified atom stereocenters. The van der Waals surface area contributed by atoms with Crippen LogP contribution in [0.3, 0.4) is 0 Å². The van der Waals surface area contributed by atoms with Crippen molar-refractivity contribution in [2.45, 2.75) is 105 Å². The van der Waals surface area contributed by atoms with Crippen molar-refractivity contribution in [2.75, 3.05) is 11.4 Å². The summed E-state index contributed by atoms with van der Waals surface area (Å²) in [6.45, 7) is 20.3. The Kier molecular flexibility index (Phi) is 5.98. The highest BCUT2D eigenvalue weighted by Gasteiger charge is 2.71. The van der Waals surface area contributed by atoms with Gasteiger partial charge in [0, 0.05) is 17.5 Å². The molecule has 0 radical (unpaired) electrons. The summed E-state index contributed by atoms with van der Waals surface area (Å²) in [5.41, 5.74) is 2.44. The Morgan fingerprint density at radius 2 is 1.69 bits per heavy atom. The van der Waals surface area contributed by atoms with Crippen LogP contribution < -0.4 is 4.90 Å². The fraction of sp³-hybridized carbons (Fsp3) is 0.765. The van der Waals surface area contributed by atoms with Crippen LogP contribution in [0.15, 0.2) is 24.5 Å². The molecule has 4 saturated carbocycles. The van der Waals surface area contributed by atoms with Gasteiger partial charge in [0.2, 0.25) is 5.95 Å². The van der Waals surface area contributed by atoms with Crippen molar-refractivity contribution in [3.8, 4) is 6.07 Å². The number of carbonyl (C=O) groups excluding carboxylic acids is 1. The maximum Gasteiger partial charge on any atom is 0.225 e. The first-order valence-corrected chi connectivity index (χ1v) is 15.5. The molecule has 2 heterocycles. The van der Waals surface area contributed by atoms with Crippen LogP contribution in [0.5, 0.6) is 0 Å². The molecule has 1 saturated heterocycles. The summed E-state index contributed by atoms with van der Waals surface area (Å²) in [5.74, 6) is 3.59. The summed E-state index contributed by atoms with van der Waals surface area (Å²) in [5, 5.41) is 9.22. The zero-order valence-electron chi connectivity index (χ0n) is 25.1. The second-order valence-electron chi connectivity index (χ2n) is 15.5. The lowest BCUT2D eigenvalue weighted by Gasteiger charge is -2.73. The van der Waals surface area contributed by atoms with E-state index in [-0.39, 0.29) is 27.2 Å². The predicted molar refractivity (Wildman–Crippen MR) is 155 cm³/mol. The molecule has 0 spiro atoms. The number of nitriles is 1. The van der Waals surface area contributed by atoms with E-state index in [0.717, 1.165) is 38.2 Å². The van der Waals surface area contributed by atoms with Gasteiger partial charge in [-0.2, -0.15) is 5.26 Å². The number of allylic oxidation sites excluding steroid dienone is 1. The Bertz CT molecular complexity index is 1220. The van der Waals surface area contributed by atoms with Gasteiger partial charge in [0.25, 0.3) is 0 Å². The molecule has 0 N–H and O–H groups in total. The van der Waals surface area contributed by atoms with E-state index in [4.69, 9.17) is 0 Å². The monoisotopic (exact) mass is 528 g/mol. The molecule has 9 atom stereocenters. The molecule has 6 rings (SSSR count). The molecule has 4 aliphatic carbocycles. The van der Waals surface area contributed by atoms with Crippen LogP contribution in [0.4, 0.5) is 5.95 Å². The third-order valence-electron chi connectivity index (χ3n) is 14.1. The van der Waals surface area contributed by atoms with Gasteiger partial charge in [0.15, 0.2) is 0 Å². The zero-order valence-corrected chi connectivity index (χ0v) is 25.1. The van der Waals surface area contributed by atoms with E-state index in [2.05, 4.69) is 69.1 Å². The second-order valence-corrected chi connectivity index (χ2v) is 15.5. The smallest absolute Gasteiger partial charge is 0.225 e. The number of piperidine rings is 1. The zero-order chi connectivity index (χ0) is 28.0. The lowest BCUT2D eigenvalue weighted by molar-refractivity contribution is -0.225. The number of anilines is 1. The summed E-state index contributed by atoms with van der Waals surface area (Å²) in [4.78, 5) is 24.4. The lowest BCUT2D eigenvalue weighted by Crippen LogP contribution is -2.70. The molecule has 5 aliphatic rings. The predicted octanol–water partition coefficient (Wildman–Crippen LogP) is 7.37. The van der Waals surface area contributed by atoms with Crippen molar-refractivity contribution in [2.24, 2.45) is 51.2 Å². The molecule has 5 heteroatoms. The topological polar surface area (TPSA) is 69.9 Å². The fourth-order valence-corrected chi connectivity index (χ4v) is 12.0. The van der Waals surface area contributed by atoms with Gasteiger partial charge in [0.1, 0.15) is 12.4 Å². The van der Waals surface area contributed by atoms with E-state index in [1.165, 1.54) is 44.0 Å². The number of rotatable bonds is 3. The minimum atomic E-state index is -0.119. The molecule has 0 aromatic carbocycles. The largest absolute Gasteiger partial charge is 0.335 e. The average molecular weight is 529 g/mol. The molecular formula is C34H48N4O. The van der Waals surface area contributed by atoms with Crippen molar-refractivity contribution in [1.29, 1.82) is 5.26 Å². The third-order valence-corrected chi connectivity index (χ3v) is 14.1. The van der Waals surface area contributed by atoms with Gasteiger partial charge in [-0.05, 0) is 124 Å². The summed E-state index contributed by atoms with van der Waals surface area (Å²) in [6, 6.07) is 2.15. The lowest BCUT2D eigenvalue weighted by atomic mass is 9.33. The van der Waals surface area contributed by atoms with E-state index < -0.39 is 0 Å². The summed E-state index contributed by atoms with van der Waals surface area (Å²) < 4.78 is 0. The minimum absolute atomic E-state index is 0.0595. The maximum atomic E-state index is 12.7. The Morgan fingerprint density at radius 3 is 2.33 bits per heavy atom. The Morgan fingerprint density at radius 1 is 0.974 bits per heavy atom. The second kappa shape index (κ2) is 8.64. The first kappa shape index (κ1) is 27.0. The molecule has 1 aliphatic heterocycles. The first-order chi connectivity index (χ1) is 18.4. The molecule has 1 aromatic heterocycles. The summed E-state index contributed by atoms with van der Waals surface area (Å²) in [6.07, 6.45) is 15.3. The van der Waals surface area contributed by atoms with Gasteiger partial charge in [-0.3, -0.25) is 0 Å². The molecule has 210 valence electrons. The highest BCUT2D eigenvalue weighted by atomic mass is 16.1. The molecule has 0 amide bonds. The summed E-state index contributed by atoms with van der Waals surface area (Å²) in [7, 11) is 0. The quantitative estimate of drug-likeness (QED) is 0.302. The molecule has 0 bridgehead atoms. The van der Waals surface area contributed by atoms with Crippen LogP contribution in [-0.4, -0.2) is 28.3 Å². The van der Waals surface area contributed by atoms with Crippen molar-refractivity contribution in [1.82, 2.24) is 9.97 Å². The SMILES string of the molecule is C=C(C)[C@@H]1CC[C@]2(C=O)CC[C@]3(C)[C@H](CC[C@@H]4[C@@]5(C)CCN(c6ncc(C#N)cn6)C(C)(C)[C@@H]5CC[C@]43C)[C@@H]12. The number of hydrogen-bond acceptors (Lipinski definition) is 5. The van der Waals surface area contributed by atoms with Gasteiger partial charge in [-0.15, -0.1) is 0 Å². The van der Waals surface area contributed by atoms with Crippen molar-refractivity contribution < 1.29 is 4.79 Å². The average Bonchev–Trinajstić information content (AvgIpc) is 3.29. The highest BCUT2D eigenvalue weighted by molar-refractivity contribution is 5.62. The minimum Gasteiger partial charge on any atom is -0.335 e. The van der Waals surface area contributed by atoms with Crippen LogP contribution in [0.2, 0.25) is 0 Å². The van der Waals surface area contributed by atoms with Gasteiger partial charge in [0.05, 0.1) is 18.0 Å². The van der Waals surface area contributed by atoms with Gasteiger partial charge >= 0.3 is 0 Å². The number of fused-ring (bicyclic) bond motifs is 7. The number of aldehydes is 1. The molecule has 5 nitrogen and oxygen atoms in total. The van der Waals surface area contributed by atoms with E-state index in [9.17, 15) is 10.1 Å². The molecule has 5 fully saturated rings.